The highest BCUT2D eigenvalue weighted by atomic mass is 32.2. The molecule has 0 spiro atoms. The Bertz CT molecular complexity index is 590. The second-order valence-electron chi connectivity index (χ2n) is 4.16. The topological polar surface area (TPSA) is 65.5 Å². The van der Waals surface area contributed by atoms with Crippen molar-refractivity contribution in [3.8, 4) is 5.88 Å². The number of allylic oxidation sites excluding steroid dienone is 2. The Hall–Kier alpha value is -1.79. The fourth-order valence-electron chi connectivity index (χ4n) is 1.72. The third-order valence-electron chi connectivity index (χ3n) is 2.76. The van der Waals surface area contributed by atoms with E-state index in [-0.39, 0.29) is 5.78 Å². The van der Waals surface area contributed by atoms with Crippen LogP contribution in [0.2, 0.25) is 0 Å². The Labute approximate surface area is 120 Å². The molecule has 0 saturated heterocycles. The minimum atomic E-state index is -1.54. The van der Waals surface area contributed by atoms with Gasteiger partial charge < -0.3 is 4.74 Å². The molecule has 1 aromatic rings. The highest BCUT2D eigenvalue weighted by molar-refractivity contribution is 7.84. The normalized spacial score (nSPS) is 16.1. The van der Waals surface area contributed by atoms with Crippen molar-refractivity contribution in [2.24, 2.45) is 0 Å². The molecule has 0 aromatic carbocycles. The van der Waals surface area contributed by atoms with E-state index in [4.69, 9.17) is 8.92 Å². The average Bonchev–Trinajstić information content (AvgIpc) is 2.47. The van der Waals surface area contributed by atoms with Gasteiger partial charge in [-0.2, -0.15) is 0 Å². The molecule has 1 heterocycles. The lowest BCUT2D eigenvalue weighted by molar-refractivity contribution is 0.101. The molecule has 6 heteroatoms. The Morgan fingerprint density at radius 3 is 2.65 bits per heavy atom. The fraction of sp³-hybridized carbons (Fsp3) is 0.286. The van der Waals surface area contributed by atoms with Crippen molar-refractivity contribution in [3.05, 3.63) is 46.7 Å². The van der Waals surface area contributed by atoms with E-state index in [0.717, 1.165) is 12.8 Å². The molecule has 5 nitrogen and oxygen atoms in total. The zero-order valence-corrected chi connectivity index (χ0v) is 12.1. The number of Topliss-reactive ketones (excluding diaryl/α,β-unsaturated/α-hetero) is 1. The number of hydrogen-bond acceptors (Lipinski definition) is 5. The Balaban J connectivity index is 2.16. The smallest absolute Gasteiger partial charge is 0.219 e. The van der Waals surface area contributed by atoms with Gasteiger partial charge in [-0.15, -0.1) is 0 Å². The third-order valence-corrected chi connectivity index (χ3v) is 3.79. The van der Waals surface area contributed by atoms with E-state index < -0.39 is 11.1 Å². The van der Waals surface area contributed by atoms with Gasteiger partial charge in [-0.05, 0) is 31.9 Å². The third kappa shape index (κ3) is 3.40. The van der Waals surface area contributed by atoms with E-state index in [1.807, 2.05) is 12.2 Å². The second-order valence-corrected chi connectivity index (χ2v) is 5.40. The Kier molecular flexibility index (Phi) is 4.81. The molecular formula is C14H15NO4S. The number of ketones is 1. The standard InChI is InChI=1S/C14H15NO4S/c1-10(16)11-7-8-14(15-9-11)19-12-5-3-4-6-13(12)20(17)18-2/h5-9H,3-4H2,1-2H3. The quantitative estimate of drug-likeness (QED) is 0.780. The summed E-state index contributed by atoms with van der Waals surface area (Å²) >= 11 is -1.54. The van der Waals surface area contributed by atoms with E-state index in [1.165, 1.54) is 20.2 Å². The molecule has 0 fully saturated rings. The lowest BCUT2D eigenvalue weighted by Gasteiger charge is -2.15. The lowest BCUT2D eigenvalue weighted by Crippen LogP contribution is -2.09. The van der Waals surface area contributed by atoms with Crippen LogP contribution >= 0.6 is 0 Å². The van der Waals surface area contributed by atoms with Gasteiger partial charge >= 0.3 is 0 Å². The number of pyridine rings is 1. The van der Waals surface area contributed by atoms with Crippen LogP contribution in [-0.2, 0) is 15.3 Å². The molecule has 1 aromatic heterocycles. The summed E-state index contributed by atoms with van der Waals surface area (Å²) < 4.78 is 22.2. The summed E-state index contributed by atoms with van der Waals surface area (Å²) in [7, 11) is 1.38. The molecule has 0 amide bonds. The van der Waals surface area contributed by atoms with Gasteiger partial charge in [0.05, 0.1) is 7.11 Å². The first-order chi connectivity index (χ1) is 9.61. The van der Waals surface area contributed by atoms with Crippen LogP contribution < -0.4 is 4.74 Å². The van der Waals surface area contributed by atoms with Crippen molar-refractivity contribution in [2.45, 2.75) is 19.8 Å². The van der Waals surface area contributed by atoms with Crippen molar-refractivity contribution >= 4 is 16.9 Å². The van der Waals surface area contributed by atoms with E-state index in [0.29, 0.717) is 22.1 Å². The van der Waals surface area contributed by atoms with Crippen LogP contribution in [0, 0.1) is 0 Å². The molecule has 1 aliphatic carbocycles. The van der Waals surface area contributed by atoms with E-state index in [1.54, 1.807) is 12.1 Å². The van der Waals surface area contributed by atoms with Crippen LogP contribution in [0.4, 0.5) is 0 Å². The summed E-state index contributed by atoms with van der Waals surface area (Å²) in [4.78, 5) is 15.7. The number of carbonyl (C=O) groups excluding carboxylic acids is 1. The predicted octanol–water partition coefficient (Wildman–Crippen LogP) is 2.53. The van der Waals surface area contributed by atoms with Gasteiger partial charge in [0.25, 0.3) is 0 Å². The highest BCUT2D eigenvalue weighted by Gasteiger charge is 2.18. The van der Waals surface area contributed by atoms with Crippen LogP contribution in [0.15, 0.2) is 41.1 Å². The van der Waals surface area contributed by atoms with E-state index in [2.05, 4.69) is 4.98 Å². The van der Waals surface area contributed by atoms with Gasteiger partial charge in [-0.3, -0.25) is 8.98 Å². The van der Waals surface area contributed by atoms with Crippen LogP contribution in [-0.4, -0.2) is 22.1 Å². The van der Waals surface area contributed by atoms with Gasteiger partial charge in [-0.25, -0.2) is 9.19 Å². The maximum absolute atomic E-state index is 11.7. The monoisotopic (exact) mass is 293 g/mol. The summed E-state index contributed by atoms with van der Waals surface area (Å²) in [6.07, 6.45) is 6.75. The van der Waals surface area contributed by atoms with Crippen molar-refractivity contribution in [2.75, 3.05) is 7.11 Å². The molecule has 1 aliphatic rings. The summed E-state index contributed by atoms with van der Waals surface area (Å²) in [6, 6.07) is 3.25. The predicted molar refractivity (Wildman–Crippen MR) is 75.4 cm³/mol. The van der Waals surface area contributed by atoms with E-state index >= 15 is 0 Å². The zero-order chi connectivity index (χ0) is 14.5. The SMILES string of the molecule is COS(=O)C1=CCCC=C1Oc1ccc(C(C)=O)cn1. The van der Waals surface area contributed by atoms with Crippen LogP contribution in [0.25, 0.3) is 0 Å². The van der Waals surface area contributed by atoms with Gasteiger partial charge in [0.2, 0.25) is 5.88 Å². The molecule has 1 unspecified atom stereocenters. The average molecular weight is 293 g/mol. The molecule has 0 N–H and O–H groups in total. The minimum absolute atomic E-state index is 0.0537. The summed E-state index contributed by atoms with van der Waals surface area (Å²) in [5, 5.41) is 0. The fourth-order valence-corrected chi connectivity index (χ4v) is 2.45. The Morgan fingerprint density at radius 2 is 2.05 bits per heavy atom. The summed E-state index contributed by atoms with van der Waals surface area (Å²) in [5.74, 6) is 0.781. The maximum atomic E-state index is 11.7. The lowest BCUT2D eigenvalue weighted by atomic mass is 10.2. The van der Waals surface area contributed by atoms with Gasteiger partial charge in [0.15, 0.2) is 16.9 Å². The second kappa shape index (κ2) is 6.58. The Morgan fingerprint density at radius 1 is 1.30 bits per heavy atom. The molecular weight excluding hydrogens is 278 g/mol. The van der Waals surface area contributed by atoms with Gasteiger partial charge in [0, 0.05) is 17.8 Å². The number of aromatic nitrogens is 1. The van der Waals surface area contributed by atoms with Crippen LogP contribution in [0.5, 0.6) is 5.88 Å². The van der Waals surface area contributed by atoms with Crippen molar-refractivity contribution in [1.29, 1.82) is 0 Å². The first kappa shape index (κ1) is 14.6. The van der Waals surface area contributed by atoms with Gasteiger partial charge in [0.1, 0.15) is 10.7 Å². The molecule has 0 radical (unpaired) electrons. The largest absolute Gasteiger partial charge is 0.438 e. The number of rotatable bonds is 5. The minimum Gasteiger partial charge on any atom is -0.438 e. The van der Waals surface area contributed by atoms with Crippen molar-refractivity contribution < 1.29 is 17.9 Å². The number of nitrogens with zero attached hydrogens (tertiary/aromatic N) is 1. The summed E-state index contributed by atoms with van der Waals surface area (Å²) in [5.41, 5.74) is 0.520. The highest BCUT2D eigenvalue weighted by Crippen LogP contribution is 2.25. The van der Waals surface area contributed by atoms with Crippen molar-refractivity contribution in [3.63, 3.8) is 0 Å². The van der Waals surface area contributed by atoms with Gasteiger partial charge in [-0.1, -0.05) is 6.08 Å². The molecule has 2 rings (SSSR count). The van der Waals surface area contributed by atoms with Crippen LogP contribution in [0.3, 0.4) is 0 Å². The summed E-state index contributed by atoms with van der Waals surface area (Å²) in [6.45, 7) is 1.48. The first-order valence-corrected chi connectivity index (χ1v) is 7.21. The number of hydrogen-bond donors (Lipinski definition) is 0. The van der Waals surface area contributed by atoms with E-state index in [9.17, 15) is 9.00 Å². The molecule has 106 valence electrons. The first-order valence-electron chi connectivity index (χ1n) is 6.13. The van der Waals surface area contributed by atoms with Crippen molar-refractivity contribution in [1.82, 2.24) is 4.98 Å². The zero-order valence-electron chi connectivity index (χ0n) is 11.3. The number of ether oxygens (including phenoxy) is 1. The molecule has 0 aliphatic heterocycles. The molecule has 20 heavy (non-hydrogen) atoms. The molecule has 0 bridgehead atoms. The number of carbonyl (C=O) groups is 1. The maximum Gasteiger partial charge on any atom is 0.219 e. The molecule has 0 saturated carbocycles. The van der Waals surface area contributed by atoms with Crippen LogP contribution in [0.1, 0.15) is 30.1 Å². The molecule has 1 atom stereocenters.